The van der Waals surface area contributed by atoms with Crippen LogP contribution in [0.15, 0.2) is 30.3 Å². The van der Waals surface area contributed by atoms with Crippen molar-refractivity contribution in [2.75, 3.05) is 13.7 Å². The summed E-state index contributed by atoms with van der Waals surface area (Å²) >= 11 is 0. The molecule has 0 aromatic heterocycles. The molecule has 0 aliphatic carbocycles. The van der Waals surface area contributed by atoms with Gasteiger partial charge in [-0.25, -0.2) is 0 Å². The Kier molecular flexibility index (Phi) is 4.63. The Morgan fingerprint density at radius 1 is 1.09 bits per heavy atom. The second kappa shape index (κ2) is 6.62. The molecule has 22 heavy (non-hydrogen) atoms. The van der Waals surface area contributed by atoms with Gasteiger partial charge >= 0.3 is 0 Å². The monoisotopic (exact) mass is 294 g/mol. The standard InChI is InChI=1S/C17H14N2O3/c1-22-7-6-11-2-4-12(5-3-11)16-13(9-18)8-15(20)17(21)14(16)10-19/h2-5,8,20-21H,6-7H2,1H3. The van der Waals surface area contributed by atoms with Gasteiger partial charge in [0.15, 0.2) is 11.5 Å². The largest absolute Gasteiger partial charge is 0.504 e. The zero-order valence-corrected chi connectivity index (χ0v) is 12.0. The molecule has 0 fully saturated rings. The second-order valence-electron chi connectivity index (χ2n) is 4.71. The van der Waals surface area contributed by atoms with Gasteiger partial charge in [-0.15, -0.1) is 0 Å². The fourth-order valence-electron chi connectivity index (χ4n) is 2.21. The molecule has 0 saturated carbocycles. The maximum absolute atomic E-state index is 9.83. The van der Waals surface area contributed by atoms with Gasteiger partial charge < -0.3 is 14.9 Å². The van der Waals surface area contributed by atoms with E-state index < -0.39 is 11.5 Å². The van der Waals surface area contributed by atoms with E-state index in [0.717, 1.165) is 18.1 Å². The maximum Gasteiger partial charge on any atom is 0.176 e. The fourth-order valence-corrected chi connectivity index (χ4v) is 2.21. The van der Waals surface area contributed by atoms with Crippen molar-refractivity contribution < 1.29 is 14.9 Å². The van der Waals surface area contributed by atoms with Crippen LogP contribution in [-0.2, 0) is 11.2 Å². The number of aromatic hydroxyl groups is 2. The minimum Gasteiger partial charge on any atom is -0.504 e. The number of methoxy groups -OCH3 is 1. The Hall–Kier alpha value is -3.02. The van der Waals surface area contributed by atoms with E-state index in [0.29, 0.717) is 17.7 Å². The zero-order chi connectivity index (χ0) is 16.1. The van der Waals surface area contributed by atoms with Crippen molar-refractivity contribution in [3.05, 3.63) is 47.0 Å². The lowest BCUT2D eigenvalue weighted by atomic mass is 9.93. The highest BCUT2D eigenvalue weighted by Crippen LogP contribution is 2.39. The van der Waals surface area contributed by atoms with Gasteiger partial charge in [-0.3, -0.25) is 0 Å². The van der Waals surface area contributed by atoms with E-state index in [1.54, 1.807) is 19.2 Å². The van der Waals surface area contributed by atoms with Gasteiger partial charge in [-0.1, -0.05) is 24.3 Å². The van der Waals surface area contributed by atoms with Gasteiger partial charge in [0.2, 0.25) is 0 Å². The van der Waals surface area contributed by atoms with E-state index in [1.165, 1.54) is 0 Å². The predicted molar refractivity (Wildman–Crippen MR) is 80.2 cm³/mol. The minimum atomic E-state index is -0.514. The number of nitrogens with zero attached hydrogens (tertiary/aromatic N) is 2. The Morgan fingerprint density at radius 3 is 2.32 bits per heavy atom. The maximum atomic E-state index is 9.83. The number of phenolic OH excluding ortho intramolecular Hbond substituents is 2. The summed E-state index contributed by atoms with van der Waals surface area (Å²) < 4.78 is 5.02. The van der Waals surface area contributed by atoms with Gasteiger partial charge in [0.05, 0.1) is 18.2 Å². The highest BCUT2D eigenvalue weighted by atomic mass is 16.5. The molecular weight excluding hydrogens is 280 g/mol. The summed E-state index contributed by atoms with van der Waals surface area (Å²) in [4.78, 5) is 0. The van der Waals surface area contributed by atoms with Crippen LogP contribution in [0.2, 0.25) is 0 Å². The molecule has 5 nitrogen and oxygen atoms in total. The van der Waals surface area contributed by atoms with Crippen LogP contribution >= 0.6 is 0 Å². The van der Waals surface area contributed by atoms with E-state index in [4.69, 9.17) is 4.74 Å². The molecule has 110 valence electrons. The Labute approximate surface area is 128 Å². The minimum absolute atomic E-state index is 0.110. The average molecular weight is 294 g/mol. The molecule has 0 saturated heterocycles. The Balaban J connectivity index is 2.55. The van der Waals surface area contributed by atoms with Crippen molar-refractivity contribution in [2.24, 2.45) is 0 Å². The summed E-state index contributed by atoms with van der Waals surface area (Å²) in [5.74, 6) is -0.992. The van der Waals surface area contributed by atoms with Crippen molar-refractivity contribution in [3.63, 3.8) is 0 Å². The lowest BCUT2D eigenvalue weighted by Gasteiger charge is -2.11. The smallest absolute Gasteiger partial charge is 0.176 e. The van der Waals surface area contributed by atoms with E-state index >= 15 is 0 Å². The molecule has 0 spiro atoms. The molecule has 5 heteroatoms. The first kappa shape index (κ1) is 15.4. The highest BCUT2D eigenvalue weighted by Gasteiger charge is 2.18. The number of phenols is 2. The zero-order valence-electron chi connectivity index (χ0n) is 12.0. The highest BCUT2D eigenvalue weighted by molar-refractivity contribution is 5.81. The number of hydrogen-bond acceptors (Lipinski definition) is 5. The lowest BCUT2D eigenvalue weighted by molar-refractivity contribution is 0.202. The quantitative estimate of drug-likeness (QED) is 0.845. The van der Waals surface area contributed by atoms with Crippen LogP contribution in [-0.4, -0.2) is 23.9 Å². The third kappa shape index (κ3) is 2.85. The van der Waals surface area contributed by atoms with Crippen molar-refractivity contribution in [3.8, 4) is 34.8 Å². The molecule has 0 aliphatic rings. The van der Waals surface area contributed by atoms with Crippen LogP contribution in [0.4, 0.5) is 0 Å². The van der Waals surface area contributed by atoms with Gasteiger partial charge in [0.25, 0.3) is 0 Å². The van der Waals surface area contributed by atoms with Gasteiger partial charge in [0, 0.05) is 18.7 Å². The summed E-state index contributed by atoms with van der Waals surface area (Å²) in [5, 5.41) is 37.9. The number of benzene rings is 2. The molecule has 2 rings (SSSR count). The lowest BCUT2D eigenvalue weighted by Crippen LogP contribution is -1.95. The molecule has 0 amide bonds. The Morgan fingerprint density at radius 2 is 1.77 bits per heavy atom. The molecule has 0 bridgehead atoms. The number of nitriles is 2. The van der Waals surface area contributed by atoms with Crippen LogP contribution in [0.25, 0.3) is 11.1 Å². The molecule has 2 aromatic carbocycles. The SMILES string of the molecule is COCCc1ccc(-c2c(C#N)cc(O)c(O)c2C#N)cc1. The number of rotatable bonds is 4. The molecule has 2 N–H and O–H groups in total. The summed E-state index contributed by atoms with van der Waals surface area (Å²) in [7, 11) is 1.63. The summed E-state index contributed by atoms with van der Waals surface area (Å²) in [6, 6.07) is 12.2. The van der Waals surface area contributed by atoms with E-state index in [-0.39, 0.29) is 11.1 Å². The van der Waals surface area contributed by atoms with E-state index in [1.807, 2.05) is 24.3 Å². The third-order valence-electron chi connectivity index (χ3n) is 3.35. The van der Waals surface area contributed by atoms with Gasteiger partial charge in [0.1, 0.15) is 11.6 Å². The normalized spacial score (nSPS) is 9.95. The molecule has 0 radical (unpaired) electrons. The predicted octanol–water partition coefficient (Wildman–Crippen LogP) is 2.70. The van der Waals surface area contributed by atoms with E-state index in [9.17, 15) is 20.7 Å². The Bertz CT molecular complexity index is 768. The molecule has 0 heterocycles. The van der Waals surface area contributed by atoms with Crippen molar-refractivity contribution in [1.29, 1.82) is 10.5 Å². The van der Waals surface area contributed by atoms with Gasteiger partial charge in [-0.2, -0.15) is 10.5 Å². The summed E-state index contributed by atoms with van der Waals surface area (Å²) in [6.45, 7) is 0.603. The van der Waals surface area contributed by atoms with Crippen LogP contribution < -0.4 is 0 Å². The van der Waals surface area contributed by atoms with Crippen molar-refractivity contribution in [2.45, 2.75) is 6.42 Å². The molecule has 0 aliphatic heterocycles. The fraction of sp³-hybridized carbons (Fsp3) is 0.176. The number of hydrogen-bond donors (Lipinski definition) is 2. The van der Waals surface area contributed by atoms with Crippen LogP contribution in [0.5, 0.6) is 11.5 Å². The first-order valence-electron chi connectivity index (χ1n) is 6.59. The average Bonchev–Trinajstić information content (AvgIpc) is 2.55. The summed E-state index contributed by atoms with van der Waals surface area (Å²) in [5.41, 5.74) is 2.03. The second-order valence-corrected chi connectivity index (χ2v) is 4.71. The first-order valence-corrected chi connectivity index (χ1v) is 6.59. The first-order chi connectivity index (χ1) is 10.6. The topological polar surface area (TPSA) is 97.3 Å². The summed E-state index contributed by atoms with van der Waals surface area (Å²) in [6.07, 6.45) is 0.758. The van der Waals surface area contributed by atoms with E-state index in [2.05, 4.69) is 0 Å². The number of ether oxygens (including phenoxy) is 1. The van der Waals surface area contributed by atoms with Crippen molar-refractivity contribution >= 4 is 0 Å². The third-order valence-corrected chi connectivity index (χ3v) is 3.35. The van der Waals surface area contributed by atoms with Crippen LogP contribution in [0.3, 0.4) is 0 Å². The molecule has 2 aromatic rings. The molecular formula is C17H14N2O3. The van der Waals surface area contributed by atoms with Crippen LogP contribution in [0, 0.1) is 22.7 Å². The molecule has 0 unspecified atom stereocenters. The van der Waals surface area contributed by atoms with Crippen LogP contribution in [0.1, 0.15) is 16.7 Å². The molecule has 0 atom stereocenters. The van der Waals surface area contributed by atoms with Gasteiger partial charge in [-0.05, 0) is 17.5 Å². The van der Waals surface area contributed by atoms with Crippen molar-refractivity contribution in [1.82, 2.24) is 0 Å².